The summed E-state index contributed by atoms with van der Waals surface area (Å²) in [6, 6.07) is 3.78. The minimum Gasteiger partial charge on any atom is -0.495 e. The third kappa shape index (κ3) is 1.94. The Kier molecular flexibility index (Phi) is 2.69. The number of hydrogen-bond donors (Lipinski definition) is 1. The van der Waals surface area contributed by atoms with Gasteiger partial charge in [0.25, 0.3) is 0 Å². The van der Waals surface area contributed by atoms with E-state index in [1.165, 1.54) is 7.11 Å². The summed E-state index contributed by atoms with van der Waals surface area (Å²) in [5, 5.41) is 2.51. The van der Waals surface area contributed by atoms with E-state index < -0.39 is 12.2 Å². The minimum atomic E-state index is -4.21. The van der Waals surface area contributed by atoms with Crippen LogP contribution in [-0.4, -0.2) is 19.3 Å². The second kappa shape index (κ2) is 3.88. The monoisotopic (exact) mass is 231 g/mol. The van der Waals surface area contributed by atoms with Crippen LogP contribution in [0, 0.1) is 0 Å². The molecule has 5 heteroatoms. The van der Waals surface area contributed by atoms with E-state index in [1.807, 2.05) is 6.07 Å². The van der Waals surface area contributed by atoms with Crippen LogP contribution in [0.2, 0.25) is 0 Å². The summed E-state index contributed by atoms with van der Waals surface area (Å²) in [7, 11) is 1.45. The molecule has 1 aromatic carbocycles. The minimum absolute atomic E-state index is 0.0731. The number of benzene rings is 1. The Balaban J connectivity index is 2.31. The number of nitrogens with one attached hydrogen (secondary N) is 1. The lowest BCUT2D eigenvalue weighted by Crippen LogP contribution is -2.39. The van der Waals surface area contributed by atoms with Crippen molar-refractivity contribution in [1.82, 2.24) is 0 Å². The zero-order valence-electron chi connectivity index (χ0n) is 8.77. The van der Waals surface area contributed by atoms with Crippen molar-refractivity contribution in [3.8, 4) is 5.75 Å². The molecule has 0 spiro atoms. The predicted octanol–water partition coefficient (Wildman–Crippen LogP) is 2.98. The number of anilines is 1. The van der Waals surface area contributed by atoms with Crippen molar-refractivity contribution >= 4 is 5.69 Å². The number of rotatable bonds is 1. The molecule has 0 aromatic heterocycles. The van der Waals surface area contributed by atoms with E-state index >= 15 is 0 Å². The summed E-state index contributed by atoms with van der Waals surface area (Å²) in [6.45, 7) is 0. The molecule has 0 amide bonds. The van der Waals surface area contributed by atoms with E-state index in [2.05, 4.69) is 5.32 Å². The first-order chi connectivity index (χ1) is 7.52. The van der Waals surface area contributed by atoms with E-state index in [0.29, 0.717) is 17.9 Å². The fourth-order valence-corrected chi connectivity index (χ4v) is 1.91. The van der Waals surface area contributed by atoms with Crippen molar-refractivity contribution < 1.29 is 17.9 Å². The van der Waals surface area contributed by atoms with Gasteiger partial charge in [0.15, 0.2) is 0 Å². The molecule has 88 valence electrons. The Morgan fingerprint density at radius 3 is 2.75 bits per heavy atom. The van der Waals surface area contributed by atoms with Crippen LogP contribution in [0.25, 0.3) is 0 Å². The second-order valence-corrected chi connectivity index (χ2v) is 3.77. The van der Waals surface area contributed by atoms with Crippen LogP contribution in [0.1, 0.15) is 12.0 Å². The van der Waals surface area contributed by atoms with Gasteiger partial charge in [-0.25, -0.2) is 0 Å². The van der Waals surface area contributed by atoms with E-state index in [4.69, 9.17) is 4.74 Å². The Bertz CT molecular complexity index is 375. The maximum Gasteiger partial charge on any atom is 0.408 e. The fraction of sp³-hybridized carbons (Fsp3) is 0.455. The Labute approximate surface area is 91.4 Å². The van der Waals surface area contributed by atoms with E-state index in [-0.39, 0.29) is 6.42 Å². The number of aryl methyl sites for hydroxylation is 1. The zero-order chi connectivity index (χ0) is 11.8. The first-order valence-corrected chi connectivity index (χ1v) is 5.01. The molecule has 16 heavy (non-hydrogen) atoms. The highest BCUT2D eigenvalue weighted by Crippen LogP contribution is 2.37. The van der Waals surface area contributed by atoms with Gasteiger partial charge in [-0.15, -0.1) is 0 Å². The summed E-state index contributed by atoms with van der Waals surface area (Å²) in [5.41, 5.74) is 1.35. The van der Waals surface area contributed by atoms with Crippen LogP contribution in [-0.2, 0) is 6.42 Å². The molecule has 1 aromatic rings. The van der Waals surface area contributed by atoms with Crippen molar-refractivity contribution in [2.24, 2.45) is 0 Å². The molecule has 0 radical (unpaired) electrons. The number of halogens is 3. The van der Waals surface area contributed by atoms with Crippen molar-refractivity contribution in [2.75, 3.05) is 12.4 Å². The standard InChI is InChI=1S/C11H12F3NO/c1-16-8-4-2-3-7-5-6-9(11(12,13)14)15-10(7)8/h2-4,9,15H,5-6H2,1H3/t9-/m0/s1. The molecule has 1 atom stereocenters. The lowest BCUT2D eigenvalue weighted by atomic mass is 9.97. The van der Waals surface area contributed by atoms with Crippen molar-refractivity contribution in [2.45, 2.75) is 25.1 Å². The summed E-state index contributed by atoms with van der Waals surface area (Å²) < 4.78 is 42.7. The van der Waals surface area contributed by atoms with Crippen LogP contribution in [0.4, 0.5) is 18.9 Å². The van der Waals surface area contributed by atoms with Gasteiger partial charge in [0.1, 0.15) is 11.8 Å². The Morgan fingerprint density at radius 2 is 2.12 bits per heavy atom. The molecule has 0 fully saturated rings. The molecule has 2 rings (SSSR count). The van der Waals surface area contributed by atoms with Gasteiger partial charge in [0, 0.05) is 0 Å². The normalized spacial score (nSPS) is 19.9. The van der Waals surface area contributed by atoms with Crippen molar-refractivity contribution in [3.63, 3.8) is 0 Å². The molecule has 1 N–H and O–H groups in total. The van der Waals surface area contributed by atoms with Crippen LogP contribution >= 0.6 is 0 Å². The number of para-hydroxylation sites is 1. The third-order valence-electron chi connectivity index (χ3n) is 2.75. The number of ether oxygens (including phenoxy) is 1. The largest absolute Gasteiger partial charge is 0.495 e. The van der Waals surface area contributed by atoms with Crippen molar-refractivity contribution in [3.05, 3.63) is 23.8 Å². The number of hydrogen-bond acceptors (Lipinski definition) is 2. The average Bonchev–Trinajstić information content (AvgIpc) is 2.26. The molecule has 0 saturated carbocycles. The maximum absolute atomic E-state index is 12.6. The third-order valence-corrected chi connectivity index (χ3v) is 2.75. The molecular formula is C11H12F3NO. The average molecular weight is 231 g/mol. The quantitative estimate of drug-likeness (QED) is 0.802. The number of methoxy groups -OCH3 is 1. The van der Waals surface area contributed by atoms with Crippen LogP contribution in [0.15, 0.2) is 18.2 Å². The molecule has 0 bridgehead atoms. The van der Waals surface area contributed by atoms with Gasteiger partial charge >= 0.3 is 6.18 Å². The molecule has 0 unspecified atom stereocenters. The van der Waals surface area contributed by atoms with E-state index in [9.17, 15) is 13.2 Å². The van der Waals surface area contributed by atoms with Gasteiger partial charge in [-0.3, -0.25) is 0 Å². The van der Waals surface area contributed by atoms with Crippen LogP contribution < -0.4 is 10.1 Å². The first-order valence-electron chi connectivity index (χ1n) is 5.01. The highest BCUT2D eigenvalue weighted by atomic mass is 19.4. The summed E-state index contributed by atoms with van der Waals surface area (Å²) in [5.74, 6) is 0.464. The molecule has 2 nitrogen and oxygen atoms in total. The first kappa shape index (κ1) is 11.1. The molecule has 0 aliphatic carbocycles. The number of alkyl halides is 3. The van der Waals surface area contributed by atoms with Gasteiger partial charge in [-0.2, -0.15) is 13.2 Å². The van der Waals surface area contributed by atoms with Crippen LogP contribution in [0.3, 0.4) is 0 Å². The predicted molar refractivity (Wildman–Crippen MR) is 54.8 cm³/mol. The van der Waals surface area contributed by atoms with E-state index in [0.717, 1.165) is 5.56 Å². The molecular weight excluding hydrogens is 219 g/mol. The molecule has 1 heterocycles. The fourth-order valence-electron chi connectivity index (χ4n) is 1.91. The second-order valence-electron chi connectivity index (χ2n) is 3.77. The smallest absolute Gasteiger partial charge is 0.408 e. The highest BCUT2D eigenvalue weighted by molar-refractivity contribution is 5.64. The van der Waals surface area contributed by atoms with Crippen molar-refractivity contribution in [1.29, 1.82) is 0 Å². The Morgan fingerprint density at radius 1 is 1.38 bits per heavy atom. The van der Waals surface area contributed by atoms with Gasteiger partial charge in [0.05, 0.1) is 12.8 Å². The summed E-state index contributed by atoms with van der Waals surface area (Å²) >= 11 is 0. The van der Waals surface area contributed by atoms with E-state index in [1.54, 1.807) is 12.1 Å². The molecule has 0 saturated heterocycles. The van der Waals surface area contributed by atoms with Gasteiger partial charge in [-0.1, -0.05) is 12.1 Å². The topological polar surface area (TPSA) is 21.3 Å². The Hall–Kier alpha value is -1.39. The highest BCUT2D eigenvalue weighted by Gasteiger charge is 2.41. The van der Waals surface area contributed by atoms with Gasteiger partial charge in [0.2, 0.25) is 0 Å². The summed E-state index contributed by atoms with van der Waals surface area (Å²) in [6.07, 6.45) is -3.72. The SMILES string of the molecule is COc1cccc2c1N[C@H](C(F)(F)F)CC2. The lowest BCUT2D eigenvalue weighted by molar-refractivity contribution is -0.144. The summed E-state index contributed by atoms with van der Waals surface area (Å²) in [4.78, 5) is 0. The lowest BCUT2D eigenvalue weighted by Gasteiger charge is -2.29. The number of fused-ring (bicyclic) bond motifs is 1. The van der Waals surface area contributed by atoms with Gasteiger partial charge in [-0.05, 0) is 24.5 Å². The zero-order valence-corrected chi connectivity index (χ0v) is 8.77. The maximum atomic E-state index is 12.6. The van der Waals surface area contributed by atoms with Gasteiger partial charge < -0.3 is 10.1 Å². The van der Waals surface area contributed by atoms with Crippen LogP contribution in [0.5, 0.6) is 5.75 Å². The molecule has 1 aliphatic heterocycles. The molecule has 1 aliphatic rings.